The number of anilines is 2. The van der Waals surface area contributed by atoms with E-state index in [1.807, 2.05) is 36.4 Å². The van der Waals surface area contributed by atoms with Crippen LogP contribution in [0.3, 0.4) is 0 Å². The molecule has 0 saturated heterocycles. The molecule has 0 saturated carbocycles. The van der Waals surface area contributed by atoms with Crippen LogP contribution in [-0.4, -0.2) is 4.98 Å². The standard InChI is InChI=1S/C48H36N2O/c1-33-43(35-15-7-3-8-16-35)21-12-22-44(33)36-23-26-40(27-24-36)50(41-20-11-19-38(31-41)34-13-5-2-6-14-34)42-28-29-45-39(32-42)25-30-46-47(45)49-48(51-46)37-17-9-4-10-18-37/h2-30,32,38H,31H2,1H3/t38-/m1/s1. The zero-order chi connectivity index (χ0) is 34.1. The molecule has 1 heterocycles. The Bertz CT molecular complexity index is 2550. The third kappa shape index (κ3) is 5.83. The van der Waals surface area contributed by atoms with E-state index in [1.54, 1.807) is 0 Å². The lowest BCUT2D eigenvalue weighted by Crippen LogP contribution is -2.19. The molecule has 51 heavy (non-hydrogen) atoms. The zero-order valence-corrected chi connectivity index (χ0v) is 28.4. The first-order valence-corrected chi connectivity index (χ1v) is 17.6. The van der Waals surface area contributed by atoms with Crippen LogP contribution < -0.4 is 4.90 Å². The maximum Gasteiger partial charge on any atom is 0.227 e. The van der Waals surface area contributed by atoms with Gasteiger partial charge in [-0.15, -0.1) is 0 Å². The molecule has 0 radical (unpaired) electrons. The summed E-state index contributed by atoms with van der Waals surface area (Å²) in [6.45, 7) is 2.23. The van der Waals surface area contributed by atoms with Gasteiger partial charge in [0.15, 0.2) is 5.58 Å². The molecule has 1 atom stereocenters. The van der Waals surface area contributed by atoms with E-state index >= 15 is 0 Å². The van der Waals surface area contributed by atoms with Crippen LogP contribution in [0.15, 0.2) is 192 Å². The minimum atomic E-state index is 0.294. The van der Waals surface area contributed by atoms with Crippen molar-refractivity contribution in [2.45, 2.75) is 19.3 Å². The minimum Gasteiger partial charge on any atom is -0.436 e. The Balaban J connectivity index is 1.12. The molecule has 0 unspecified atom stereocenters. The number of fused-ring (bicyclic) bond motifs is 3. The summed E-state index contributed by atoms with van der Waals surface area (Å²) in [4.78, 5) is 7.36. The fourth-order valence-corrected chi connectivity index (χ4v) is 7.46. The van der Waals surface area contributed by atoms with Gasteiger partial charge in [0.05, 0.1) is 0 Å². The SMILES string of the molecule is Cc1c(-c2ccccc2)cccc1-c1ccc(N(C2=CC=C[C@@H](c3ccccc3)C2)c2ccc3c(ccc4oc(-c5ccccc5)nc43)c2)cc1. The molecule has 8 aromatic rings. The molecular formula is C48H36N2O. The van der Waals surface area contributed by atoms with Gasteiger partial charge in [-0.2, -0.15) is 0 Å². The van der Waals surface area contributed by atoms with Crippen molar-refractivity contribution in [1.29, 1.82) is 0 Å². The molecule has 1 aliphatic rings. The predicted octanol–water partition coefficient (Wildman–Crippen LogP) is 13.1. The van der Waals surface area contributed by atoms with Crippen LogP contribution in [0.1, 0.15) is 23.5 Å². The highest BCUT2D eigenvalue weighted by molar-refractivity contribution is 6.05. The number of allylic oxidation sites excluding steroid dienone is 4. The maximum absolute atomic E-state index is 6.21. The molecule has 1 aromatic heterocycles. The monoisotopic (exact) mass is 656 g/mol. The van der Waals surface area contributed by atoms with Gasteiger partial charge in [0.1, 0.15) is 5.52 Å². The summed E-state index contributed by atoms with van der Waals surface area (Å²) in [7, 11) is 0. The number of oxazole rings is 1. The molecule has 0 spiro atoms. The second-order valence-electron chi connectivity index (χ2n) is 13.2. The highest BCUT2D eigenvalue weighted by Crippen LogP contribution is 2.41. The van der Waals surface area contributed by atoms with Crippen molar-refractivity contribution in [2.24, 2.45) is 0 Å². The first-order chi connectivity index (χ1) is 25.2. The average Bonchev–Trinajstić information content (AvgIpc) is 3.65. The summed E-state index contributed by atoms with van der Waals surface area (Å²) in [6, 6.07) is 58.1. The fraction of sp³-hybridized carbons (Fsp3) is 0.0625. The normalized spacial score (nSPS) is 14.1. The van der Waals surface area contributed by atoms with Crippen molar-refractivity contribution < 1.29 is 4.42 Å². The zero-order valence-electron chi connectivity index (χ0n) is 28.4. The van der Waals surface area contributed by atoms with Crippen molar-refractivity contribution >= 4 is 33.2 Å². The quantitative estimate of drug-likeness (QED) is 0.171. The van der Waals surface area contributed by atoms with E-state index in [-0.39, 0.29) is 0 Å². The number of aromatic nitrogens is 1. The molecule has 244 valence electrons. The molecule has 7 aromatic carbocycles. The van der Waals surface area contributed by atoms with Crippen LogP contribution in [0.5, 0.6) is 0 Å². The van der Waals surface area contributed by atoms with E-state index in [1.165, 1.54) is 39.1 Å². The van der Waals surface area contributed by atoms with Crippen molar-refractivity contribution in [3.63, 3.8) is 0 Å². The van der Waals surface area contributed by atoms with Crippen molar-refractivity contribution in [3.8, 4) is 33.7 Å². The van der Waals surface area contributed by atoms with Gasteiger partial charge in [-0.3, -0.25) is 0 Å². The number of benzene rings is 7. The van der Waals surface area contributed by atoms with Crippen LogP contribution >= 0.6 is 0 Å². The molecule has 0 N–H and O–H groups in total. The van der Waals surface area contributed by atoms with Crippen LogP contribution in [0, 0.1) is 6.92 Å². The first kappa shape index (κ1) is 30.6. The van der Waals surface area contributed by atoms with E-state index in [0.29, 0.717) is 11.8 Å². The second-order valence-corrected chi connectivity index (χ2v) is 13.2. The molecule has 3 heteroatoms. The van der Waals surface area contributed by atoms with Gasteiger partial charge in [-0.05, 0) is 107 Å². The molecule has 1 aliphatic carbocycles. The van der Waals surface area contributed by atoms with Gasteiger partial charge in [0.25, 0.3) is 0 Å². The Labute approximate surface area is 298 Å². The molecule has 3 nitrogen and oxygen atoms in total. The average molecular weight is 657 g/mol. The number of hydrogen-bond donors (Lipinski definition) is 0. The van der Waals surface area contributed by atoms with E-state index < -0.39 is 0 Å². The van der Waals surface area contributed by atoms with Gasteiger partial charge in [0, 0.05) is 33.9 Å². The summed E-state index contributed by atoms with van der Waals surface area (Å²) in [5, 5.41) is 2.19. The second kappa shape index (κ2) is 13.1. The summed E-state index contributed by atoms with van der Waals surface area (Å²) < 4.78 is 6.21. The minimum absolute atomic E-state index is 0.294. The summed E-state index contributed by atoms with van der Waals surface area (Å²) in [6.07, 6.45) is 7.68. The van der Waals surface area contributed by atoms with Crippen LogP contribution in [0.2, 0.25) is 0 Å². The topological polar surface area (TPSA) is 29.3 Å². The number of rotatable bonds is 7. The van der Waals surface area contributed by atoms with Gasteiger partial charge >= 0.3 is 0 Å². The molecule has 0 amide bonds. The van der Waals surface area contributed by atoms with Gasteiger partial charge < -0.3 is 9.32 Å². The lowest BCUT2D eigenvalue weighted by molar-refractivity contribution is 0.620. The fourth-order valence-electron chi connectivity index (χ4n) is 7.46. The van der Waals surface area contributed by atoms with E-state index in [4.69, 9.17) is 9.40 Å². The summed E-state index contributed by atoms with van der Waals surface area (Å²) in [5.41, 5.74) is 13.7. The smallest absolute Gasteiger partial charge is 0.227 e. The van der Waals surface area contributed by atoms with Crippen molar-refractivity contribution in [3.05, 3.63) is 199 Å². The molecule has 0 aliphatic heterocycles. The largest absolute Gasteiger partial charge is 0.436 e. The Hall–Kier alpha value is -6.45. The Morgan fingerprint density at radius 1 is 0.608 bits per heavy atom. The van der Waals surface area contributed by atoms with Crippen LogP contribution in [0.4, 0.5) is 11.4 Å². The molecule has 0 fully saturated rings. The third-order valence-corrected chi connectivity index (χ3v) is 10.1. The molecule has 9 rings (SSSR count). The van der Waals surface area contributed by atoms with Crippen molar-refractivity contribution in [1.82, 2.24) is 4.98 Å². The Kier molecular flexibility index (Phi) is 7.87. The molecule has 0 bridgehead atoms. The van der Waals surface area contributed by atoms with Crippen LogP contribution in [-0.2, 0) is 0 Å². The summed E-state index contributed by atoms with van der Waals surface area (Å²) in [5.74, 6) is 0.933. The number of nitrogens with zero attached hydrogens (tertiary/aromatic N) is 2. The van der Waals surface area contributed by atoms with Crippen LogP contribution in [0.25, 0.3) is 55.6 Å². The lowest BCUT2D eigenvalue weighted by Gasteiger charge is -2.31. The van der Waals surface area contributed by atoms with Crippen molar-refractivity contribution in [2.75, 3.05) is 4.90 Å². The highest BCUT2D eigenvalue weighted by Gasteiger charge is 2.22. The first-order valence-electron chi connectivity index (χ1n) is 17.6. The maximum atomic E-state index is 6.21. The van der Waals surface area contributed by atoms with E-state index in [2.05, 4.69) is 157 Å². The Morgan fingerprint density at radius 3 is 1.98 bits per heavy atom. The Morgan fingerprint density at radius 2 is 1.25 bits per heavy atom. The predicted molar refractivity (Wildman–Crippen MR) is 212 cm³/mol. The van der Waals surface area contributed by atoms with E-state index in [9.17, 15) is 0 Å². The lowest BCUT2D eigenvalue weighted by atomic mass is 9.90. The summed E-state index contributed by atoms with van der Waals surface area (Å²) >= 11 is 0. The third-order valence-electron chi connectivity index (χ3n) is 10.1. The van der Waals surface area contributed by atoms with Gasteiger partial charge in [-0.1, -0.05) is 127 Å². The highest BCUT2D eigenvalue weighted by atomic mass is 16.3. The van der Waals surface area contributed by atoms with Gasteiger partial charge in [-0.25, -0.2) is 4.98 Å². The van der Waals surface area contributed by atoms with E-state index in [0.717, 1.165) is 45.2 Å². The molecular weight excluding hydrogens is 621 g/mol. The number of hydrogen-bond acceptors (Lipinski definition) is 3. The van der Waals surface area contributed by atoms with Gasteiger partial charge in [0.2, 0.25) is 5.89 Å².